The summed E-state index contributed by atoms with van der Waals surface area (Å²) in [5.41, 5.74) is 3.28. The van der Waals surface area contributed by atoms with E-state index < -0.39 is 0 Å². The van der Waals surface area contributed by atoms with Crippen LogP contribution in [-0.2, 0) is 11.2 Å². The Morgan fingerprint density at radius 3 is 2.79 bits per heavy atom. The molecule has 0 radical (unpaired) electrons. The molecule has 0 bridgehead atoms. The van der Waals surface area contributed by atoms with E-state index in [1.54, 1.807) is 25.3 Å². The number of fused-ring (bicyclic) bond motifs is 3. The lowest BCUT2D eigenvalue weighted by molar-refractivity contribution is -0.125. The van der Waals surface area contributed by atoms with E-state index in [0.29, 0.717) is 19.5 Å². The van der Waals surface area contributed by atoms with Gasteiger partial charge in [-0.2, -0.15) is 0 Å². The second-order valence-corrected chi connectivity index (χ2v) is 7.52. The van der Waals surface area contributed by atoms with Crippen LogP contribution in [0, 0.1) is 11.7 Å². The number of benzene rings is 2. The van der Waals surface area contributed by atoms with Crippen LogP contribution in [0.3, 0.4) is 0 Å². The largest absolute Gasteiger partial charge is 0.497 e. The number of hydrogen-bond acceptors (Lipinski definition) is 4. The maximum absolute atomic E-state index is 13.3. The smallest absolute Gasteiger partial charge is 0.225 e. The quantitative estimate of drug-likeness (QED) is 0.791. The van der Waals surface area contributed by atoms with Crippen LogP contribution in [0.2, 0.25) is 0 Å². The summed E-state index contributed by atoms with van der Waals surface area (Å²) >= 11 is 0. The summed E-state index contributed by atoms with van der Waals surface area (Å²) in [5.74, 6) is 0.451. The van der Waals surface area contributed by atoms with E-state index in [1.807, 2.05) is 6.07 Å². The van der Waals surface area contributed by atoms with Gasteiger partial charge in [-0.25, -0.2) is 4.39 Å². The summed E-state index contributed by atoms with van der Waals surface area (Å²) < 4.78 is 18.8. The minimum atomic E-state index is -0.243. The fourth-order valence-electron chi connectivity index (χ4n) is 4.39. The van der Waals surface area contributed by atoms with Crippen LogP contribution in [0.5, 0.6) is 5.75 Å². The lowest BCUT2D eigenvalue weighted by Gasteiger charge is -2.49. The summed E-state index contributed by atoms with van der Waals surface area (Å²) in [6.45, 7) is 6.45. The highest BCUT2D eigenvalue weighted by molar-refractivity contribution is 5.82. The molecule has 1 amide bonds. The highest BCUT2D eigenvalue weighted by Crippen LogP contribution is 2.38. The van der Waals surface area contributed by atoms with E-state index in [9.17, 15) is 9.18 Å². The number of carbonyl (C=O) groups excluding carboxylic acids is 1. The highest BCUT2D eigenvalue weighted by Gasteiger charge is 2.41. The Hall–Kier alpha value is -3.02. The molecule has 2 aromatic rings. The third-order valence-electron chi connectivity index (χ3n) is 5.87. The number of amides is 1. The first-order chi connectivity index (χ1) is 14.1. The number of piperazine rings is 1. The zero-order chi connectivity index (χ0) is 20.4. The lowest BCUT2D eigenvalue weighted by atomic mass is 9.83. The number of hydrogen-bond donors (Lipinski definition) is 1. The summed E-state index contributed by atoms with van der Waals surface area (Å²) in [6, 6.07) is 12.7. The summed E-state index contributed by atoms with van der Waals surface area (Å²) in [5, 5.41) is 2.97. The Balaban J connectivity index is 1.65. The molecule has 2 aromatic carbocycles. The predicted molar refractivity (Wildman–Crippen MR) is 113 cm³/mol. The van der Waals surface area contributed by atoms with Gasteiger partial charge in [-0.3, -0.25) is 4.79 Å². The molecule has 1 saturated heterocycles. The Labute approximate surface area is 170 Å². The molecule has 152 valence electrons. The second-order valence-electron chi connectivity index (χ2n) is 7.52. The molecule has 0 aliphatic carbocycles. The van der Waals surface area contributed by atoms with Gasteiger partial charge in [-0.15, -0.1) is 6.58 Å². The molecule has 1 N–H and O–H groups in total. The molecule has 4 rings (SSSR count). The summed E-state index contributed by atoms with van der Waals surface area (Å²) in [4.78, 5) is 17.5. The molecule has 6 heteroatoms. The van der Waals surface area contributed by atoms with Gasteiger partial charge in [0.05, 0.1) is 19.1 Å². The Morgan fingerprint density at radius 1 is 1.28 bits per heavy atom. The average Bonchev–Trinajstić information content (AvgIpc) is 2.76. The average molecular weight is 395 g/mol. The van der Waals surface area contributed by atoms with Crippen molar-refractivity contribution < 1.29 is 13.9 Å². The zero-order valence-corrected chi connectivity index (χ0v) is 16.6. The van der Waals surface area contributed by atoms with Crippen molar-refractivity contribution in [2.45, 2.75) is 12.5 Å². The number of anilines is 2. The first-order valence-corrected chi connectivity index (χ1v) is 9.93. The predicted octanol–water partition coefficient (Wildman–Crippen LogP) is 3.00. The van der Waals surface area contributed by atoms with E-state index in [4.69, 9.17) is 4.74 Å². The summed E-state index contributed by atoms with van der Waals surface area (Å²) in [7, 11) is 1.67. The molecule has 0 saturated carbocycles. The highest BCUT2D eigenvalue weighted by atomic mass is 19.1. The number of rotatable bonds is 5. The second kappa shape index (κ2) is 8.15. The van der Waals surface area contributed by atoms with Gasteiger partial charge in [0.25, 0.3) is 0 Å². The fraction of sp³-hybridized carbons (Fsp3) is 0.348. The molecule has 2 atom stereocenters. The van der Waals surface area contributed by atoms with Gasteiger partial charge in [-0.05, 0) is 42.3 Å². The van der Waals surface area contributed by atoms with Crippen LogP contribution in [-0.4, -0.2) is 45.2 Å². The van der Waals surface area contributed by atoms with Gasteiger partial charge in [0.2, 0.25) is 5.91 Å². The van der Waals surface area contributed by atoms with Crippen LogP contribution < -0.4 is 19.9 Å². The number of nitrogens with zero attached hydrogens (tertiary/aromatic N) is 2. The number of halogens is 1. The standard InChI is InChI=1S/C23H26FN3O2/c1-3-10-25-23(28)20-13-16-4-9-19(29-2)14-21(16)27-12-11-26(15-22(20)27)18-7-5-17(24)6-8-18/h3-9,14,20,22H,1,10-13,15H2,2H3,(H,25,28). The molecular weight excluding hydrogens is 369 g/mol. The molecule has 2 unspecified atom stereocenters. The van der Waals surface area contributed by atoms with Crippen molar-refractivity contribution in [3.63, 3.8) is 0 Å². The van der Waals surface area contributed by atoms with Crippen LogP contribution in [0.4, 0.5) is 15.8 Å². The molecular formula is C23H26FN3O2. The Morgan fingerprint density at radius 2 is 2.07 bits per heavy atom. The molecule has 5 nitrogen and oxygen atoms in total. The lowest BCUT2D eigenvalue weighted by Crippen LogP contribution is -2.61. The Kier molecular flexibility index (Phi) is 5.43. The van der Waals surface area contributed by atoms with Gasteiger partial charge in [-0.1, -0.05) is 12.1 Å². The zero-order valence-electron chi connectivity index (χ0n) is 16.6. The van der Waals surface area contributed by atoms with Crippen molar-refractivity contribution in [2.75, 3.05) is 43.1 Å². The van der Waals surface area contributed by atoms with Crippen molar-refractivity contribution in [2.24, 2.45) is 5.92 Å². The number of carbonyl (C=O) groups is 1. The SMILES string of the molecule is C=CCNC(=O)C1Cc2ccc(OC)cc2N2CCN(c3ccc(F)cc3)CC12. The minimum absolute atomic E-state index is 0.0261. The monoisotopic (exact) mass is 395 g/mol. The molecule has 0 spiro atoms. The van der Waals surface area contributed by atoms with Crippen molar-refractivity contribution in [3.05, 3.63) is 66.5 Å². The van der Waals surface area contributed by atoms with E-state index in [1.165, 1.54) is 12.1 Å². The normalized spacial score (nSPS) is 20.5. The number of nitrogens with one attached hydrogen (secondary N) is 1. The first-order valence-electron chi connectivity index (χ1n) is 9.93. The third-order valence-corrected chi connectivity index (χ3v) is 5.87. The molecule has 0 aromatic heterocycles. The summed E-state index contributed by atoms with van der Waals surface area (Å²) in [6.07, 6.45) is 2.38. The number of methoxy groups -OCH3 is 1. The van der Waals surface area contributed by atoms with Crippen LogP contribution in [0.25, 0.3) is 0 Å². The van der Waals surface area contributed by atoms with Crippen molar-refractivity contribution >= 4 is 17.3 Å². The van der Waals surface area contributed by atoms with Gasteiger partial charge >= 0.3 is 0 Å². The molecule has 29 heavy (non-hydrogen) atoms. The van der Waals surface area contributed by atoms with Crippen LogP contribution >= 0.6 is 0 Å². The van der Waals surface area contributed by atoms with E-state index >= 15 is 0 Å². The first kappa shape index (κ1) is 19.3. The van der Waals surface area contributed by atoms with Crippen molar-refractivity contribution in [1.29, 1.82) is 0 Å². The molecule has 2 heterocycles. The van der Waals surface area contributed by atoms with Gasteiger partial charge in [0, 0.05) is 43.6 Å². The van der Waals surface area contributed by atoms with Gasteiger partial charge in [0.1, 0.15) is 11.6 Å². The van der Waals surface area contributed by atoms with Crippen molar-refractivity contribution in [1.82, 2.24) is 5.32 Å². The van der Waals surface area contributed by atoms with Crippen molar-refractivity contribution in [3.8, 4) is 5.75 Å². The van der Waals surface area contributed by atoms with E-state index in [0.717, 1.165) is 35.8 Å². The van der Waals surface area contributed by atoms with E-state index in [-0.39, 0.29) is 23.7 Å². The van der Waals surface area contributed by atoms with Gasteiger partial charge < -0.3 is 19.9 Å². The fourth-order valence-corrected chi connectivity index (χ4v) is 4.39. The maximum Gasteiger partial charge on any atom is 0.225 e. The molecule has 2 aliphatic rings. The minimum Gasteiger partial charge on any atom is -0.497 e. The third kappa shape index (κ3) is 3.79. The molecule has 2 aliphatic heterocycles. The maximum atomic E-state index is 13.3. The van der Waals surface area contributed by atoms with E-state index in [2.05, 4.69) is 33.8 Å². The topological polar surface area (TPSA) is 44.8 Å². The van der Waals surface area contributed by atoms with Crippen LogP contribution in [0.1, 0.15) is 5.56 Å². The number of ether oxygens (including phenoxy) is 1. The molecule has 1 fully saturated rings. The Bertz CT molecular complexity index is 899. The van der Waals surface area contributed by atoms with Gasteiger partial charge in [0.15, 0.2) is 0 Å². The van der Waals surface area contributed by atoms with Crippen LogP contribution in [0.15, 0.2) is 55.1 Å².